The van der Waals surface area contributed by atoms with Crippen molar-refractivity contribution < 1.29 is 18.3 Å². The van der Waals surface area contributed by atoms with Crippen LogP contribution in [0.1, 0.15) is 31.4 Å². The van der Waals surface area contributed by atoms with Gasteiger partial charge in [-0.15, -0.1) is 0 Å². The molecule has 1 aliphatic heterocycles. The molecule has 39 heavy (non-hydrogen) atoms. The molecule has 11 heteroatoms. The average Bonchev–Trinajstić information content (AvgIpc) is 3.54. The number of hydrogen-bond acceptors (Lipinski definition) is 7. The topological polar surface area (TPSA) is 108 Å². The van der Waals surface area contributed by atoms with Gasteiger partial charge in [0.15, 0.2) is 17.5 Å². The Morgan fingerprint density at radius 3 is 2.92 bits per heavy atom. The van der Waals surface area contributed by atoms with E-state index in [-0.39, 0.29) is 12.1 Å². The number of amides is 1. The van der Waals surface area contributed by atoms with Gasteiger partial charge in [0.2, 0.25) is 5.91 Å². The molecular weight excluding hydrogens is 504 g/mol. The number of ether oxygens (including phenoxy) is 1. The highest BCUT2D eigenvalue weighted by Gasteiger charge is 2.19. The molecule has 1 atom stereocenters. The van der Waals surface area contributed by atoms with Gasteiger partial charge < -0.3 is 20.3 Å². The average molecular weight is 535 g/mol. The molecular formula is C28H30F2N7O2. The van der Waals surface area contributed by atoms with Crippen molar-refractivity contribution >= 4 is 34.1 Å². The number of likely N-dealkylation sites (tertiary alicyclic amines) is 1. The number of nitrogens with one attached hydrogen (secondary N) is 3. The molecule has 1 amide bonds. The minimum absolute atomic E-state index is 0.107. The van der Waals surface area contributed by atoms with Gasteiger partial charge >= 0.3 is 0 Å². The third-order valence-electron chi connectivity index (χ3n) is 6.67. The van der Waals surface area contributed by atoms with E-state index in [2.05, 4.69) is 42.6 Å². The predicted molar refractivity (Wildman–Crippen MR) is 145 cm³/mol. The summed E-state index contributed by atoms with van der Waals surface area (Å²) in [6.45, 7) is 7.02. The summed E-state index contributed by atoms with van der Waals surface area (Å²) in [5.74, 6) is -0.922. The van der Waals surface area contributed by atoms with Crippen LogP contribution in [-0.2, 0) is 11.2 Å². The molecule has 1 aliphatic rings. The van der Waals surface area contributed by atoms with Gasteiger partial charge in [0.25, 0.3) is 0 Å². The van der Waals surface area contributed by atoms with Crippen LogP contribution < -0.4 is 15.4 Å². The van der Waals surface area contributed by atoms with E-state index in [4.69, 9.17) is 4.74 Å². The fourth-order valence-electron chi connectivity index (χ4n) is 4.63. The molecule has 1 saturated heterocycles. The standard InChI is InChI=1S/C28H30F2N7O2/c1-18-6-5-12-37(18)11-2-3-13-39-20-9-10-21-24(16-20)31-17-32-28(21)34-25-14-19(35-36-25)15-26(38)33-23-8-4-7-22(29)27(23)30/h4,7-10,14,16-18H,1-3,5-6,11-13,15H2,(H,33,38)(H2,31,32,34,35,36)/t18-/m0/s1. The van der Waals surface area contributed by atoms with Crippen molar-refractivity contribution in [2.24, 2.45) is 0 Å². The first-order chi connectivity index (χ1) is 19.0. The summed E-state index contributed by atoms with van der Waals surface area (Å²) in [5.41, 5.74) is 0.980. The highest BCUT2D eigenvalue weighted by atomic mass is 19.2. The molecule has 9 nitrogen and oxygen atoms in total. The van der Waals surface area contributed by atoms with E-state index < -0.39 is 17.5 Å². The van der Waals surface area contributed by atoms with Gasteiger partial charge in [0, 0.05) is 29.3 Å². The summed E-state index contributed by atoms with van der Waals surface area (Å²) in [4.78, 5) is 23.4. The Bertz CT molecular complexity index is 1440. The highest BCUT2D eigenvalue weighted by Crippen LogP contribution is 2.26. The van der Waals surface area contributed by atoms with Gasteiger partial charge in [-0.05, 0) is 70.0 Å². The van der Waals surface area contributed by atoms with Crippen LogP contribution >= 0.6 is 0 Å². The van der Waals surface area contributed by atoms with E-state index in [0.29, 0.717) is 35.5 Å². The van der Waals surface area contributed by atoms with Crippen LogP contribution in [-0.4, -0.2) is 56.7 Å². The summed E-state index contributed by atoms with van der Waals surface area (Å²) in [6.07, 6.45) is 5.81. The number of anilines is 3. The number of nitrogens with zero attached hydrogens (tertiary/aromatic N) is 4. The third kappa shape index (κ3) is 6.66. The lowest BCUT2D eigenvalue weighted by Gasteiger charge is -2.20. The molecule has 1 fully saturated rings. The Balaban J connectivity index is 1.15. The van der Waals surface area contributed by atoms with Gasteiger partial charge in [-0.3, -0.25) is 9.89 Å². The number of aromatic amines is 1. The monoisotopic (exact) mass is 534 g/mol. The van der Waals surface area contributed by atoms with Crippen LogP contribution in [0, 0.1) is 18.6 Å². The molecule has 2 aromatic carbocycles. The summed E-state index contributed by atoms with van der Waals surface area (Å²) >= 11 is 0. The molecule has 2 aromatic heterocycles. The van der Waals surface area contributed by atoms with Crippen LogP contribution in [0.3, 0.4) is 0 Å². The van der Waals surface area contributed by atoms with Gasteiger partial charge in [-0.2, -0.15) is 5.10 Å². The Hall–Kier alpha value is -4.12. The number of carbonyl (C=O) groups is 1. The molecule has 0 spiro atoms. The van der Waals surface area contributed by atoms with Gasteiger partial charge in [0.1, 0.15) is 17.9 Å². The number of benzene rings is 2. The predicted octanol–water partition coefficient (Wildman–Crippen LogP) is 5.01. The van der Waals surface area contributed by atoms with Crippen molar-refractivity contribution in [3.05, 3.63) is 73.0 Å². The number of rotatable bonds is 11. The quantitative estimate of drug-likeness (QED) is 0.232. The van der Waals surface area contributed by atoms with Crippen LogP contribution in [0.15, 0.2) is 48.8 Å². The summed E-state index contributed by atoms with van der Waals surface area (Å²) in [6, 6.07) is 11.3. The normalized spacial score (nSPS) is 15.5. The smallest absolute Gasteiger partial charge is 0.230 e. The van der Waals surface area contributed by atoms with E-state index >= 15 is 0 Å². The first kappa shape index (κ1) is 26.5. The van der Waals surface area contributed by atoms with E-state index in [1.807, 2.05) is 18.2 Å². The molecule has 1 radical (unpaired) electrons. The maximum absolute atomic E-state index is 13.8. The maximum atomic E-state index is 13.8. The molecule has 5 rings (SSSR count). The number of aromatic nitrogens is 4. The zero-order chi connectivity index (χ0) is 27.2. The number of fused-ring (bicyclic) bond motifs is 1. The molecule has 0 bridgehead atoms. The Labute approximate surface area is 225 Å². The maximum Gasteiger partial charge on any atom is 0.230 e. The zero-order valence-corrected chi connectivity index (χ0v) is 21.4. The molecule has 3 N–H and O–H groups in total. The lowest BCUT2D eigenvalue weighted by molar-refractivity contribution is -0.115. The van der Waals surface area contributed by atoms with Crippen LogP contribution in [0.4, 0.5) is 26.1 Å². The molecule has 0 aliphatic carbocycles. The van der Waals surface area contributed by atoms with Gasteiger partial charge in [-0.1, -0.05) is 6.07 Å². The minimum Gasteiger partial charge on any atom is -0.494 e. The number of hydrogen-bond donors (Lipinski definition) is 3. The van der Waals surface area contributed by atoms with Gasteiger partial charge in [-0.25, -0.2) is 18.7 Å². The largest absolute Gasteiger partial charge is 0.494 e. The van der Waals surface area contributed by atoms with E-state index in [1.165, 1.54) is 31.3 Å². The Kier molecular flexibility index (Phi) is 8.26. The summed E-state index contributed by atoms with van der Waals surface area (Å²) in [7, 11) is 0. The van der Waals surface area contributed by atoms with E-state index in [9.17, 15) is 13.6 Å². The van der Waals surface area contributed by atoms with Crippen LogP contribution in [0.25, 0.3) is 10.9 Å². The molecule has 0 saturated carbocycles. The number of halogens is 2. The number of H-pyrrole nitrogens is 1. The number of carbonyl (C=O) groups excluding carboxylic acids is 1. The van der Waals surface area contributed by atoms with Crippen molar-refractivity contribution in [1.29, 1.82) is 0 Å². The van der Waals surface area contributed by atoms with E-state index in [1.54, 1.807) is 6.07 Å². The molecule has 203 valence electrons. The van der Waals surface area contributed by atoms with Crippen LogP contribution in [0.2, 0.25) is 0 Å². The van der Waals surface area contributed by atoms with Crippen molar-refractivity contribution in [2.45, 2.75) is 38.1 Å². The van der Waals surface area contributed by atoms with Crippen molar-refractivity contribution in [2.75, 3.05) is 30.3 Å². The highest BCUT2D eigenvalue weighted by molar-refractivity contribution is 5.93. The SMILES string of the molecule is [CH2][C@H]1CCCN1CCCCOc1ccc2c(Nc3cc(CC(=O)Nc4cccc(F)c4F)[nH]n3)ncnc2c1. The fourth-order valence-corrected chi connectivity index (χ4v) is 4.63. The fraction of sp³-hybridized carbons (Fsp3) is 0.321. The second kappa shape index (κ2) is 12.2. The number of unbranched alkanes of at least 4 members (excludes halogenated alkanes) is 1. The van der Waals surface area contributed by atoms with Crippen molar-refractivity contribution in [3.8, 4) is 5.75 Å². The van der Waals surface area contributed by atoms with Crippen LogP contribution in [0.5, 0.6) is 5.75 Å². The zero-order valence-electron chi connectivity index (χ0n) is 21.4. The third-order valence-corrected chi connectivity index (χ3v) is 6.67. The molecule has 4 aromatic rings. The second-order valence-corrected chi connectivity index (χ2v) is 9.52. The summed E-state index contributed by atoms with van der Waals surface area (Å²) in [5, 5.41) is 13.2. The Morgan fingerprint density at radius 1 is 1.18 bits per heavy atom. The first-order valence-corrected chi connectivity index (χ1v) is 13.0. The lowest BCUT2D eigenvalue weighted by atomic mass is 10.2. The second-order valence-electron chi connectivity index (χ2n) is 9.52. The lowest BCUT2D eigenvalue weighted by Crippen LogP contribution is -2.28. The van der Waals surface area contributed by atoms with Gasteiger partial charge in [0.05, 0.1) is 24.2 Å². The van der Waals surface area contributed by atoms with Crippen molar-refractivity contribution in [1.82, 2.24) is 25.1 Å². The first-order valence-electron chi connectivity index (χ1n) is 13.0. The van der Waals surface area contributed by atoms with Crippen molar-refractivity contribution in [3.63, 3.8) is 0 Å². The molecule has 0 unspecified atom stereocenters. The van der Waals surface area contributed by atoms with E-state index in [0.717, 1.165) is 43.1 Å². The minimum atomic E-state index is -1.10. The Morgan fingerprint density at radius 2 is 2.08 bits per heavy atom. The summed E-state index contributed by atoms with van der Waals surface area (Å²) < 4.78 is 33.1. The molecule has 3 heterocycles.